The fourth-order valence-corrected chi connectivity index (χ4v) is 3.14. The van der Waals surface area contributed by atoms with Crippen molar-refractivity contribution >= 4 is 22.8 Å². The second kappa shape index (κ2) is 7.08. The van der Waals surface area contributed by atoms with Crippen LogP contribution in [0.3, 0.4) is 0 Å². The van der Waals surface area contributed by atoms with Crippen molar-refractivity contribution in [1.82, 2.24) is 28.9 Å². The first kappa shape index (κ1) is 18.2. The van der Waals surface area contributed by atoms with Gasteiger partial charge in [-0.2, -0.15) is 4.68 Å². The number of benzene rings is 1. The first-order chi connectivity index (χ1) is 13.4. The van der Waals surface area contributed by atoms with E-state index in [1.165, 1.54) is 21.9 Å². The largest absolute Gasteiger partial charge is 0.437 e. The minimum atomic E-state index is -0.571. The molecule has 0 aliphatic rings. The lowest BCUT2D eigenvalue weighted by molar-refractivity contribution is 0.428. The lowest BCUT2D eigenvalue weighted by Gasteiger charge is -2.10. The second-order valence-electron chi connectivity index (χ2n) is 6.60. The highest BCUT2D eigenvalue weighted by molar-refractivity contribution is 6.30. The molecule has 144 valence electrons. The highest BCUT2D eigenvalue weighted by atomic mass is 35.5. The number of hydrogen-bond acceptors (Lipinski definition) is 6. The Labute approximate surface area is 163 Å². The molecule has 3 heterocycles. The number of fused-ring (bicyclic) bond motifs is 1. The van der Waals surface area contributed by atoms with E-state index in [9.17, 15) is 9.59 Å². The van der Waals surface area contributed by atoms with Crippen molar-refractivity contribution in [3.63, 3.8) is 0 Å². The van der Waals surface area contributed by atoms with Crippen LogP contribution < -0.4 is 11.3 Å². The second-order valence-corrected chi connectivity index (χ2v) is 7.04. The molecule has 0 saturated carbocycles. The van der Waals surface area contributed by atoms with Gasteiger partial charge in [0.15, 0.2) is 11.2 Å². The third-order valence-electron chi connectivity index (χ3n) is 4.54. The highest BCUT2D eigenvalue weighted by Gasteiger charge is 2.15. The van der Waals surface area contributed by atoms with Gasteiger partial charge in [0.25, 0.3) is 5.56 Å². The van der Waals surface area contributed by atoms with Crippen LogP contribution >= 0.6 is 11.6 Å². The van der Waals surface area contributed by atoms with Crippen molar-refractivity contribution < 1.29 is 4.42 Å². The Morgan fingerprint density at radius 1 is 1.14 bits per heavy atom. The maximum atomic E-state index is 12.6. The Balaban J connectivity index is 1.57. The van der Waals surface area contributed by atoms with Gasteiger partial charge in [-0.05, 0) is 17.7 Å². The third-order valence-corrected chi connectivity index (χ3v) is 4.79. The number of nitrogens with zero attached hydrogens (tertiary/aromatic N) is 6. The van der Waals surface area contributed by atoms with Crippen LogP contribution in [-0.2, 0) is 20.1 Å². The Morgan fingerprint density at radius 2 is 1.86 bits per heavy atom. The van der Waals surface area contributed by atoms with Gasteiger partial charge < -0.3 is 8.98 Å². The standard InChI is InChI=1S/C18H17ClN6O3/c1-11(12-3-5-13(19)6-4-12)7-25-18(27)28-14(22-25)8-24-10-21-16-15(17(24)26)23(2)9-20-16/h3-6,9-11H,7-8H2,1-2H3/t11-/m1/s1. The minimum absolute atomic E-state index is 0.00448. The average Bonchev–Trinajstić information content (AvgIpc) is 3.21. The van der Waals surface area contributed by atoms with Crippen LogP contribution in [0.25, 0.3) is 11.2 Å². The number of aromatic nitrogens is 6. The molecular formula is C18H17ClN6O3. The zero-order valence-corrected chi connectivity index (χ0v) is 16.0. The van der Waals surface area contributed by atoms with Gasteiger partial charge >= 0.3 is 5.76 Å². The van der Waals surface area contributed by atoms with Gasteiger partial charge in [0.05, 0.1) is 12.9 Å². The predicted molar refractivity (Wildman–Crippen MR) is 103 cm³/mol. The van der Waals surface area contributed by atoms with Crippen LogP contribution in [0.1, 0.15) is 24.3 Å². The summed E-state index contributed by atoms with van der Waals surface area (Å²) in [6.07, 6.45) is 2.89. The highest BCUT2D eigenvalue weighted by Crippen LogP contribution is 2.19. The normalized spacial score (nSPS) is 12.5. The van der Waals surface area contributed by atoms with Gasteiger partial charge in [0.2, 0.25) is 5.89 Å². The smallest absolute Gasteiger partial charge is 0.390 e. The molecule has 0 N–H and O–H groups in total. The van der Waals surface area contributed by atoms with E-state index in [1.807, 2.05) is 19.1 Å². The molecule has 0 aliphatic heterocycles. The Hall–Kier alpha value is -3.20. The molecule has 10 heteroatoms. The van der Waals surface area contributed by atoms with Gasteiger partial charge in [-0.1, -0.05) is 30.7 Å². The predicted octanol–water partition coefficient (Wildman–Crippen LogP) is 1.79. The summed E-state index contributed by atoms with van der Waals surface area (Å²) in [7, 11) is 1.72. The fourth-order valence-electron chi connectivity index (χ4n) is 3.01. The summed E-state index contributed by atoms with van der Waals surface area (Å²) in [6, 6.07) is 7.43. The molecule has 0 saturated heterocycles. The maximum Gasteiger partial charge on any atom is 0.437 e. The van der Waals surface area contributed by atoms with Crippen molar-refractivity contribution in [1.29, 1.82) is 0 Å². The number of hydrogen-bond donors (Lipinski definition) is 0. The van der Waals surface area contributed by atoms with E-state index in [1.54, 1.807) is 23.7 Å². The summed E-state index contributed by atoms with van der Waals surface area (Å²) in [6.45, 7) is 2.33. The van der Waals surface area contributed by atoms with Crippen LogP contribution in [0.5, 0.6) is 0 Å². The van der Waals surface area contributed by atoms with Gasteiger partial charge in [-0.25, -0.2) is 14.8 Å². The lowest BCUT2D eigenvalue weighted by atomic mass is 10.0. The SMILES string of the molecule is C[C@H](Cn1nc(Cn2cnc3ncn(C)c3c2=O)oc1=O)c1ccc(Cl)cc1. The van der Waals surface area contributed by atoms with Crippen LogP contribution in [0.4, 0.5) is 0 Å². The van der Waals surface area contributed by atoms with Gasteiger partial charge in [-0.15, -0.1) is 5.10 Å². The first-order valence-electron chi connectivity index (χ1n) is 8.61. The van der Waals surface area contributed by atoms with Crippen molar-refractivity contribution in [2.24, 2.45) is 7.05 Å². The summed E-state index contributed by atoms with van der Waals surface area (Å²) < 4.78 is 9.41. The molecule has 4 aromatic rings. The summed E-state index contributed by atoms with van der Waals surface area (Å²) in [5.74, 6) is -0.403. The molecule has 28 heavy (non-hydrogen) atoms. The van der Waals surface area contributed by atoms with Crippen molar-refractivity contribution in [2.75, 3.05) is 0 Å². The zero-order valence-electron chi connectivity index (χ0n) is 15.2. The summed E-state index contributed by atoms with van der Waals surface area (Å²) in [5.41, 5.74) is 1.49. The van der Waals surface area contributed by atoms with Gasteiger partial charge in [0, 0.05) is 18.0 Å². The molecule has 1 aromatic carbocycles. The van der Waals surface area contributed by atoms with E-state index in [4.69, 9.17) is 16.0 Å². The van der Waals surface area contributed by atoms with Crippen LogP contribution in [0.15, 0.2) is 50.9 Å². The molecule has 1 atom stereocenters. The topological polar surface area (TPSA) is 101 Å². The van der Waals surface area contributed by atoms with Crippen molar-refractivity contribution in [3.8, 4) is 0 Å². The zero-order chi connectivity index (χ0) is 19.8. The Kier molecular flexibility index (Phi) is 4.60. The van der Waals surface area contributed by atoms with E-state index in [0.29, 0.717) is 22.7 Å². The average molecular weight is 401 g/mol. The van der Waals surface area contributed by atoms with E-state index < -0.39 is 5.76 Å². The van der Waals surface area contributed by atoms with Gasteiger partial charge in [-0.3, -0.25) is 9.36 Å². The Morgan fingerprint density at radius 3 is 2.61 bits per heavy atom. The number of halogens is 1. The molecule has 0 fully saturated rings. The molecule has 3 aromatic heterocycles. The Bertz CT molecular complexity index is 1250. The van der Waals surface area contributed by atoms with Crippen LogP contribution in [0, 0.1) is 0 Å². The van der Waals surface area contributed by atoms with E-state index in [-0.39, 0.29) is 23.9 Å². The summed E-state index contributed by atoms with van der Waals surface area (Å²) in [4.78, 5) is 32.9. The van der Waals surface area contributed by atoms with Crippen LogP contribution in [0.2, 0.25) is 5.02 Å². The number of imidazole rings is 1. The molecule has 0 amide bonds. The molecule has 0 aliphatic carbocycles. The monoisotopic (exact) mass is 400 g/mol. The minimum Gasteiger partial charge on any atom is -0.390 e. The van der Waals surface area contributed by atoms with Crippen molar-refractivity contribution in [3.05, 3.63) is 74.3 Å². The number of rotatable bonds is 5. The molecular weight excluding hydrogens is 384 g/mol. The first-order valence-corrected chi connectivity index (χ1v) is 8.99. The van der Waals surface area contributed by atoms with Crippen molar-refractivity contribution in [2.45, 2.75) is 25.9 Å². The van der Waals surface area contributed by atoms with E-state index in [2.05, 4.69) is 15.1 Å². The van der Waals surface area contributed by atoms with Gasteiger partial charge in [0.1, 0.15) is 12.9 Å². The maximum absolute atomic E-state index is 12.6. The summed E-state index contributed by atoms with van der Waals surface area (Å²) >= 11 is 5.91. The lowest BCUT2D eigenvalue weighted by Crippen LogP contribution is -2.23. The molecule has 0 spiro atoms. The fraction of sp³-hybridized carbons (Fsp3) is 0.278. The van der Waals surface area contributed by atoms with E-state index in [0.717, 1.165) is 5.56 Å². The van der Waals surface area contributed by atoms with E-state index >= 15 is 0 Å². The van der Waals surface area contributed by atoms with Crippen LogP contribution in [-0.4, -0.2) is 28.9 Å². The quantitative estimate of drug-likeness (QED) is 0.506. The molecule has 9 nitrogen and oxygen atoms in total. The third kappa shape index (κ3) is 3.36. The molecule has 0 unspecified atom stereocenters. The molecule has 4 rings (SSSR count). The number of aryl methyl sites for hydroxylation is 1. The molecule has 0 radical (unpaired) electrons. The summed E-state index contributed by atoms with van der Waals surface area (Å²) in [5, 5.41) is 4.87. The molecule has 0 bridgehead atoms.